The van der Waals surface area contributed by atoms with Crippen LogP contribution in [0.5, 0.6) is 5.75 Å². The largest absolute Gasteiger partial charge is 0.507 e. The number of benzene rings is 2. The van der Waals surface area contributed by atoms with Gasteiger partial charge in [-0.15, -0.1) is 0 Å². The van der Waals surface area contributed by atoms with Crippen molar-refractivity contribution in [1.29, 1.82) is 0 Å². The smallest absolute Gasteiger partial charge is 0.364 e. The summed E-state index contributed by atoms with van der Waals surface area (Å²) in [6.07, 6.45) is 0. The van der Waals surface area contributed by atoms with Crippen molar-refractivity contribution in [3.63, 3.8) is 0 Å². The second-order valence-corrected chi connectivity index (χ2v) is 4.81. The number of anilines is 1. The summed E-state index contributed by atoms with van der Waals surface area (Å²) in [5, 5.41) is 17.2. The third-order valence-corrected chi connectivity index (χ3v) is 2.99. The van der Waals surface area contributed by atoms with Crippen LogP contribution in [-0.4, -0.2) is 11.0 Å². The normalized spacial score (nSPS) is 9.81. The van der Waals surface area contributed by atoms with Gasteiger partial charge in [0, 0.05) is 10.7 Å². The second kappa shape index (κ2) is 6.37. The number of aromatic hydroxyl groups is 1. The van der Waals surface area contributed by atoms with Crippen LogP contribution >= 0.6 is 23.2 Å². The van der Waals surface area contributed by atoms with Gasteiger partial charge >= 0.3 is 5.91 Å². The summed E-state index contributed by atoms with van der Waals surface area (Å²) < 4.78 is 0. The molecule has 21 heavy (non-hydrogen) atoms. The van der Waals surface area contributed by atoms with Crippen LogP contribution in [0.1, 0.15) is 10.4 Å². The highest BCUT2D eigenvalue weighted by Gasteiger charge is 2.15. The van der Waals surface area contributed by atoms with E-state index >= 15 is 0 Å². The van der Waals surface area contributed by atoms with Gasteiger partial charge in [0.05, 0.1) is 10.6 Å². The first-order valence-corrected chi connectivity index (χ1v) is 6.42. The zero-order valence-corrected chi connectivity index (χ0v) is 12.0. The molecule has 0 fully saturated rings. The van der Waals surface area contributed by atoms with Gasteiger partial charge in [-0.05, 0) is 36.4 Å². The van der Waals surface area contributed by atoms with Crippen molar-refractivity contribution in [2.75, 3.05) is 5.73 Å². The molecule has 1 amide bonds. The Morgan fingerprint density at radius 2 is 1.95 bits per heavy atom. The number of phenolic OH excluding ortho intramolecular Hbond substituents is 1. The van der Waals surface area contributed by atoms with Crippen LogP contribution in [0.25, 0.3) is 0 Å². The molecule has 0 aliphatic heterocycles. The minimum atomic E-state index is -0.773. The van der Waals surface area contributed by atoms with Crippen molar-refractivity contribution in [3.05, 3.63) is 52.0 Å². The Morgan fingerprint density at radius 3 is 2.67 bits per heavy atom. The van der Waals surface area contributed by atoms with Gasteiger partial charge in [0.1, 0.15) is 5.75 Å². The van der Waals surface area contributed by atoms with E-state index in [0.29, 0.717) is 16.4 Å². The first kappa shape index (κ1) is 15.0. The Bertz CT molecular complexity index is 771. The molecule has 2 rings (SSSR count). The molecule has 3 N–H and O–H groups in total. The quantitative estimate of drug-likeness (QED) is 0.500. The van der Waals surface area contributed by atoms with Crippen LogP contribution in [0.2, 0.25) is 10.0 Å². The maximum Gasteiger partial charge on any atom is 0.364 e. The van der Waals surface area contributed by atoms with E-state index in [-0.39, 0.29) is 16.3 Å². The van der Waals surface area contributed by atoms with Gasteiger partial charge in [0.2, 0.25) is 10.0 Å². The van der Waals surface area contributed by atoms with Crippen molar-refractivity contribution in [3.8, 4) is 5.75 Å². The van der Waals surface area contributed by atoms with E-state index in [1.807, 2.05) is 0 Å². The number of hydrogen-bond acceptors (Lipinski definition) is 4. The van der Waals surface area contributed by atoms with Gasteiger partial charge in [-0.25, -0.2) is 0 Å². The van der Waals surface area contributed by atoms with Crippen LogP contribution in [0.4, 0.5) is 11.4 Å². The Hall–Kier alpha value is -2.40. The molecule has 0 saturated heterocycles. The van der Waals surface area contributed by atoms with Crippen LogP contribution in [0.3, 0.4) is 0 Å². The SMILES string of the molecule is Nc1ccc(N=[N+]=NC(=O)c2cc(Cl)ccc2O)c(Cl)c1. The average molecular weight is 324 g/mol. The predicted molar refractivity (Wildman–Crippen MR) is 80.0 cm³/mol. The Kier molecular flexibility index (Phi) is 4.55. The molecule has 2 aromatic carbocycles. The zero-order valence-electron chi connectivity index (χ0n) is 10.5. The average Bonchev–Trinajstić information content (AvgIpc) is 2.43. The second-order valence-electron chi connectivity index (χ2n) is 3.97. The molecule has 0 saturated carbocycles. The summed E-state index contributed by atoms with van der Waals surface area (Å²) in [5.74, 6) is -1.01. The maximum atomic E-state index is 11.8. The molecule has 0 unspecified atom stereocenters. The molecular weight excluding hydrogens is 315 g/mol. The van der Waals surface area contributed by atoms with Crippen LogP contribution in [0.15, 0.2) is 46.6 Å². The van der Waals surface area contributed by atoms with E-state index < -0.39 is 5.91 Å². The molecule has 0 bridgehead atoms. The third kappa shape index (κ3) is 3.79. The highest BCUT2D eigenvalue weighted by atomic mass is 35.5. The predicted octanol–water partition coefficient (Wildman–Crippen LogP) is 3.72. The number of nitrogen functional groups attached to an aromatic ring is 1. The first-order valence-electron chi connectivity index (χ1n) is 5.67. The number of nitrogens with zero attached hydrogens (tertiary/aromatic N) is 3. The Morgan fingerprint density at radius 1 is 1.19 bits per heavy atom. The number of nitrogens with two attached hydrogens (primary N) is 1. The highest BCUT2D eigenvalue weighted by Crippen LogP contribution is 2.26. The van der Waals surface area contributed by atoms with Crippen molar-refractivity contribution in [2.45, 2.75) is 0 Å². The lowest BCUT2D eigenvalue weighted by Crippen LogP contribution is -1.95. The van der Waals surface area contributed by atoms with Gasteiger partial charge in [0.25, 0.3) is 0 Å². The van der Waals surface area contributed by atoms with Gasteiger partial charge < -0.3 is 10.8 Å². The number of halogens is 2. The number of rotatable bonds is 2. The Labute approximate surface area is 129 Å². The van der Waals surface area contributed by atoms with Crippen molar-refractivity contribution >= 4 is 40.5 Å². The Balaban J connectivity index is 2.26. The molecule has 0 aliphatic carbocycles. The molecule has 0 aromatic heterocycles. The molecule has 0 atom stereocenters. The summed E-state index contributed by atoms with van der Waals surface area (Å²) >= 11 is 11.6. The van der Waals surface area contributed by atoms with E-state index in [1.165, 1.54) is 30.3 Å². The van der Waals surface area contributed by atoms with Crippen molar-refractivity contribution < 1.29 is 9.90 Å². The van der Waals surface area contributed by atoms with E-state index in [2.05, 4.69) is 15.1 Å². The number of hydrogen-bond donors (Lipinski definition) is 2. The van der Waals surface area contributed by atoms with E-state index in [4.69, 9.17) is 28.9 Å². The molecule has 0 spiro atoms. The van der Waals surface area contributed by atoms with Gasteiger partial charge in [-0.2, -0.15) is 0 Å². The number of phenols is 1. The topological polar surface area (TPSA) is 102 Å². The third-order valence-electron chi connectivity index (χ3n) is 2.45. The minimum Gasteiger partial charge on any atom is -0.507 e. The summed E-state index contributed by atoms with van der Waals surface area (Å²) in [5.41, 5.74) is 6.27. The summed E-state index contributed by atoms with van der Waals surface area (Å²) in [4.78, 5) is 15.2. The summed E-state index contributed by atoms with van der Waals surface area (Å²) in [7, 11) is 0. The van der Waals surface area contributed by atoms with Crippen LogP contribution in [-0.2, 0) is 0 Å². The fourth-order valence-electron chi connectivity index (χ4n) is 1.45. The van der Waals surface area contributed by atoms with Crippen LogP contribution in [0, 0.1) is 0 Å². The van der Waals surface area contributed by atoms with E-state index in [9.17, 15) is 9.90 Å². The molecule has 0 radical (unpaired) electrons. The minimum absolute atomic E-state index is 0.0650. The number of amides is 1. The molecule has 106 valence electrons. The summed E-state index contributed by atoms with van der Waals surface area (Å²) in [6, 6.07) is 8.65. The van der Waals surface area contributed by atoms with Gasteiger partial charge in [-0.3, -0.25) is 4.79 Å². The number of carbonyl (C=O) groups is 1. The fourth-order valence-corrected chi connectivity index (χ4v) is 1.85. The molecule has 6 nitrogen and oxygen atoms in total. The van der Waals surface area contributed by atoms with Gasteiger partial charge in [0.15, 0.2) is 10.8 Å². The highest BCUT2D eigenvalue weighted by molar-refractivity contribution is 6.33. The van der Waals surface area contributed by atoms with E-state index in [0.717, 1.165) is 0 Å². The molecule has 2 aromatic rings. The van der Waals surface area contributed by atoms with Gasteiger partial charge in [-0.1, -0.05) is 23.2 Å². The van der Waals surface area contributed by atoms with Crippen molar-refractivity contribution in [2.24, 2.45) is 10.2 Å². The molecule has 0 aliphatic rings. The molecule has 0 heterocycles. The lowest BCUT2D eigenvalue weighted by molar-refractivity contribution is 0.0990. The van der Waals surface area contributed by atoms with E-state index in [1.54, 1.807) is 6.07 Å². The number of carbonyl (C=O) groups excluding carboxylic acids is 1. The molecular formula is C13H9Cl2N4O2+. The first-order chi connectivity index (χ1) is 9.97. The monoisotopic (exact) mass is 323 g/mol. The van der Waals surface area contributed by atoms with Crippen LogP contribution < -0.4 is 10.6 Å². The van der Waals surface area contributed by atoms with Crippen molar-refractivity contribution in [1.82, 2.24) is 4.91 Å². The fraction of sp³-hybridized carbons (Fsp3) is 0. The maximum absolute atomic E-state index is 11.8. The zero-order chi connectivity index (χ0) is 15.4. The standard InChI is InChI=1S/C13H8Cl2N4O2/c14-7-1-4-12(20)9(5-7)13(21)18-19-17-11-3-2-8(16)6-10(11)15/h1-6,16H,(H,20,21)/p+1. The molecule has 8 heteroatoms. The lowest BCUT2D eigenvalue weighted by atomic mass is 10.2. The summed E-state index contributed by atoms with van der Waals surface area (Å²) in [6.45, 7) is 0. The lowest BCUT2D eigenvalue weighted by Gasteiger charge is -1.96.